The first-order valence-electron chi connectivity index (χ1n) is 17.3. The Morgan fingerprint density at radius 1 is 0.385 bits per heavy atom. The van der Waals surface area contributed by atoms with Crippen molar-refractivity contribution in [3.05, 3.63) is 164 Å². The Hall–Kier alpha value is -6.69. The Morgan fingerprint density at radius 3 is 1.94 bits per heavy atom. The molecule has 4 nitrogen and oxygen atoms in total. The number of benzene rings is 8. The van der Waals surface area contributed by atoms with Gasteiger partial charge in [-0.05, 0) is 69.1 Å². The van der Waals surface area contributed by atoms with E-state index in [0.717, 1.165) is 59.8 Å². The topological polar surface area (TPSA) is 51.8 Å². The number of fused-ring (bicyclic) bond motifs is 8. The van der Waals surface area contributed by atoms with E-state index in [9.17, 15) is 0 Å². The maximum absolute atomic E-state index is 6.59. The Bertz CT molecular complexity index is 3210. The van der Waals surface area contributed by atoms with Crippen molar-refractivity contribution in [3.63, 3.8) is 0 Å². The summed E-state index contributed by atoms with van der Waals surface area (Å²) in [6.07, 6.45) is 0. The van der Waals surface area contributed by atoms with Crippen LogP contribution in [0.2, 0.25) is 0 Å². The molecule has 11 aromatic rings. The molecule has 8 aromatic carbocycles. The van der Waals surface area contributed by atoms with Gasteiger partial charge in [0.05, 0.1) is 0 Å². The number of hydrogen-bond acceptors (Lipinski definition) is 5. The summed E-state index contributed by atoms with van der Waals surface area (Å²) in [7, 11) is 0. The van der Waals surface area contributed by atoms with Crippen molar-refractivity contribution < 1.29 is 4.42 Å². The molecule has 0 fully saturated rings. The number of furan rings is 1. The standard InChI is InChI=1S/C47H27N3OS/c1-2-13-30-25-31(24-23-28(30)11-1)45-48-46(38-20-10-19-36-35-16-6-8-22-42(35)52-44(36)38)50-47(49-45)39-26-32(34-18-9-14-29-12-3-4-15-33(29)34)27-41-43(39)37-17-5-7-21-40(37)51-41/h1-27H. The van der Waals surface area contributed by atoms with Crippen molar-refractivity contribution in [3.8, 4) is 45.3 Å². The van der Waals surface area contributed by atoms with Gasteiger partial charge in [-0.25, -0.2) is 15.0 Å². The number of hydrogen-bond donors (Lipinski definition) is 0. The van der Waals surface area contributed by atoms with Gasteiger partial charge < -0.3 is 4.42 Å². The van der Waals surface area contributed by atoms with E-state index in [1.165, 1.54) is 31.6 Å². The number of rotatable bonds is 4. The highest BCUT2D eigenvalue weighted by Crippen LogP contribution is 2.43. The van der Waals surface area contributed by atoms with Crippen LogP contribution in [0.15, 0.2) is 168 Å². The lowest BCUT2D eigenvalue weighted by atomic mass is 9.94. The van der Waals surface area contributed by atoms with E-state index in [1.54, 1.807) is 11.3 Å². The molecule has 0 atom stereocenters. The van der Waals surface area contributed by atoms with Gasteiger partial charge in [0, 0.05) is 47.6 Å². The van der Waals surface area contributed by atoms with Crippen molar-refractivity contribution in [2.75, 3.05) is 0 Å². The third-order valence-electron chi connectivity index (χ3n) is 10.1. The zero-order valence-corrected chi connectivity index (χ0v) is 28.6. The molecular weight excluding hydrogens is 655 g/mol. The van der Waals surface area contributed by atoms with Crippen LogP contribution >= 0.6 is 11.3 Å². The summed E-state index contributed by atoms with van der Waals surface area (Å²) in [6.45, 7) is 0. The summed E-state index contributed by atoms with van der Waals surface area (Å²) in [6, 6.07) is 57.4. The molecular formula is C47H27N3OS. The summed E-state index contributed by atoms with van der Waals surface area (Å²) in [4.78, 5) is 15.9. The molecule has 0 bridgehead atoms. The highest BCUT2D eigenvalue weighted by molar-refractivity contribution is 7.26. The Morgan fingerprint density at radius 2 is 1.04 bits per heavy atom. The van der Waals surface area contributed by atoms with Crippen LogP contribution in [0.5, 0.6) is 0 Å². The molecule has 0 amide bonds. The van der Waals surface area contributed by atoms with Gasteiger partial charge >= 0.3 is 0 Å². The number of para-hydroxylation sites is 1. The quantitative estimate of drug-likeness (QED) is 0.185. The monoisotopic (exact) mass is 681 g/mol. The average Bonchev–Trinajstić information content (AvgIpc) is 3.78. The summed E-state index contributed by atoms with van der Waals surface area (Å²) in [5.41, 5.74) is 6.61. The molecule has 0 saturated heterocycles. The molecule has 3 aromatic heterocycles. The Kier molecular flexibility index (Phi) is 6.39. The summed E-state index contributed by atoms with van der Waals surface area (Å²) < 4.78 is 8.99. The third kappa shape index (κ3) is 4.57. The van der Waals surface area contributed by atoms with Gasteiger partial charge in [-0.2, -0.15) is 0 Å². The lowest BCUT2D eigenvalue weighted by Crippen LogP contribution is -2.01. The summed E-state index contributed by atoms with van der Waals surface area (Å²) >= 11 is 1.78. The molecule has 0 radical (unpaired) electrons. The molecule has 52 heavy (non-hydrogen) atoms. The molecule has 5 heteroatoms. The second-order valence-electron chi connectivity index (χ2n) is 13.2. The highest BCUT2D eigenvalue weighted by atomic mass is 32.1. The van der Waals surface area contributed by atoms with Crippen molar-refractivity contribution in [1.29, 1.82) is 0 Å². The number of thiophene rings is 1. The van der Waals surface area contributed by atoms with Crippen LogP contribution in [0.4, 0.5) is 0 Å². The molecule has 0 aliphatic carbocycles. The van der Waals surface area contributed by atoms with Gasteiger partial charge in [0.2, 0.25) is 0 Å². The van der Waals surface area contributed by atoms with Gasteiger partial charge in [0.25, 0.3) is 0 Å². The average molecular weight is 682 g/mol. The van der Waals surface area contributed by atoms with E-state index >= 15 is 0 Å². The minimum Gasteiger partial charge on any atom is -0.456 e. The van der Waals surface area contributed by atoms with Gasteiger partial charge in [0.15, 0.2) is 17.5 Å². The van der Waals surface area contributed by atoms with E-state index in [2.05, 4.69) is 152 Å². The molecule has 0 N–H and O–H groups in total. The van der Waals surface area contributed by atoms with E-state index in [-0.39, 0.29) is 0 Å². The predicted molar refractivity (Wildman–Crippen MR) is 217 cm³/mol. The maximum atomic E-state index is 6.59. The predicted octanol–water partition coefficient (Wildman–Crippen LogP) is 13.1. The zero-order valence-electron chi connectivity index (χ0n) is 27.7. The largest absolute Gasteiger partial charge is 0.456 e. The molecule has 0 spiro atoms. The number of nitrogens with zero attached hydrogens (tertiary/aromatic N) is 3. The second kappa shape index (κ2) is 11.4. The summed E-state index contributed by atoms with van der Waals surface area (Å²) in [5.74, 6) is 1.87. The first kappa shape index (κ1) is 29.1. The fourth-order valence-corrected chi connectivity index (χ4v) is 8.87. The summed E-state index contributed by atoms with van der Waals surface area (Å²) in [5, 5.41) is 9.12. The molecule has 11 rings (SSSR count). The SMILES string of the molecule is c1ccc2cc(-c3nc(-c4cccc5c4sc4ccccc45)nc(-c4cc(-c5cccc6ccccc56)cc5oc6ccccc6c45)n3)ccc2c1. The van der Waals surface area contributed by atoms with Crippen molar-refractivity contribution >= 4 is 75.0 Å². The lowest BCUT2D eigenvalue weighted by Gasteiger charge is -2.13. The van der Waals surface area contributed by atoms with Crippen LogP contribution in [0.1, 0.15) is 0 Å². The highest BCUT2D eigenvalue weighted by Gasteiger charge is 2.21. The normalized spacial score (nSPS) is 11.8. The van der Waals surface area contributed by atoms with Crippen LogP contribution in [0.25, 0.3) is 109 Å². The van der Waals surface area contributed by atoms with Gasteiger partial charge in [-0.3, -0.25) is 0 Å². The minimum atomic E-state index is 0.602. The van der Waals surface area contributed by atoms with Crippen LogP contribution in [0, 0.1) is 0 Å². The third-order valence-corrected chi connectivity index (χ3v) is 11.3. The lowest BCUT2D eigenvalue weighted by molar-refractivity contribution is 0.669. The molecule has 0 saturated carbocycles. The zero-order chi connectivity index (χ0) is 34.2. The van der Waals surface area contributed by atoms with E-state index in [4.69, 9.17) is 19.4 Å². The van der Waals surface area contributed by atoms with Gasteiger partial charge in [-0.15, -0.1) is 11.3 Å². The smallest absolute Gasteiger partial charge is 0.165 e. The molecule has 0 unspecified atom stereocenters. The van der Waals surface area contributed by atoms with Gasteiger partial charge in [-0.1, -0.05) is 127 Å². The van der Waals surface area contributed by atoms with E-state index < -0.39 is 0 Å². The van der Waals surface area contributed by atoms with Gasteiger partial charge in [0.1, 0.15) is 11.2 Å². The van der Waals surface area contributed by atoms with Crippen LogP contribution in [-0.2, 0) is 0 Å². The van der Waals surface area contributed by atoms with E-state index in [1.807, 2.05) is 12.1 Å². The number of aromatic nitrogens is 3. The Balaban J connectivity index is 1.23. The molecule has 0 aliphatic rings. The first-order valence-corrected chi connectivity index (χ1v) is 18.2. The maximum Gasteiger partial charge on any atom is 0.165 e. The molecule has 242 valence electrons. The van der Waals surface area contributed by atoms with Crippen LogP contribution in [-0.4, -0.2) is 15.0 Å². The van der Waals surface area contributed by atoms with E-state index in [0.29, 0.717) is 17.5 Å². The fraction of sp³-hybridized carbons (Fsp3) is 0. The Labute approximate surface area is 302 Å². The second-order valence-corrected chi connectivity index (χ2v) is 14.2. The molecule has 0 aliphatic heterocycles. The van der Waals surface area contributed by atoms with Crippen molar-refractivity contribution in [1.82, 2.24) is 15.0 Å². The van der Waals surface area contributed by atoms with Crippen LogP contribution in [0.3, 0.4) is 0 Å². The van der Waals surface area contributed by atoms with Crippen LogP contribution < -0.4 is 0 Å². The molecule has 3 heterocycles. The first-order chi connectivity index (χ1) is 25.7. The van der Waals surface area contributed by atoms with Crippen molar-refractivity contribution in [2.24, 2.45) is 0 Å². The minimum absolute atomic E-state index is 0.602. The fourth-order valence-electron chi connectivity index (χ4n) is 7.66. The van der Waals surface area contributed by atoms with Crippen molar-refractivity contribution in [2.45, 2.75) is 0 Å².